The summed E-state index contributed by atoms with van der Waals surface area (Å²) in [5, 5.41) is 2.91. The third kappa shape index (κ3) is 3.23. The van der Waals surface area contributed by atoms with Crippen molar-refractivity contribution in [3.05, 3.63) is 91.2 Å². The van der Waals surface area contributed by atoms with E-state index in [2.05, 4.69) is 20.3 Å². The van der Waals surface area contributed by atoms with Gasteiger partial charge < -0.3 is 5.32 Å². The predicted octanol–water partition coefficient (Wildman–Crippen LogP) is 2.38. The predicted molar refractivity (Wildman–Crippen MR) is 96.1 cm³/mol. The van der Waals surface area contributed by atoms with Gasteiger partial charge in [-0.05, 0) is 23.8 Å². The van der Waals surface area contributed by atoms with Gasteiger partial charge in [-0.15, -0.1) is 0 Å². The summed E-state index contributed by atoms with van der Waals surface area (Å²) >= 11 is 0. The second-order valence-corrected chi connectivity index (χ2v) is 5.66. The Bertz CT molecular complexity index is 990. The van der Waals surface area contributed by atoms with Gasteiger partial charge in [-0.1, -0.05) is 24.3 Å². The Balaban J connectivity index is 1.44. The Hall–Kier alpha value is -3.74. The number of carbonyl (C=O) groups excluding carboxylic acids is 1. The SMILES string of the molecule is O=C(NCc1ccc(-n2ccnc2)nc1)c1cncn1-c1ccccc1. The zero-order chi connectivity index (χ0) is 17.8. The van der Waals surface area contributed by atoms with Gasteiger partial charge in [0.25, 0.3) is 5.91 Å². The molecule has 4 aromatic rings. The Morgan fingerprint density at radius 3 is 2.62 bits per heavy atom. The number of carbonyl (C=O) groups is 1. The molecule has 0 saturated carbocycles. The number of para-hydroxylation sites is 1. The molecule has 7 heteroatoms. The first-order valence-corrected chi connectivity index (χ1v) is 8.10. The van der Waals surface area contributed by atoms with Crippen molar-refractivity contribution in [3.8, 4) is 11.5 Å². The summed E-state index contributed by atoms with van der Waals surface area (Å²) in [5.41, 5.74) is 2.29. The van der Waals surface area contributed by atoms with E-state index in [1.165, 1.54) is 0 Å². The van der Waals surface area contributed by atoms with E-state index in [9.17, 15) is 4.79 Å². The average molecular weight is 344 g/mol. The molecule has 3 heterocycles. The lowest BCUT2D eigenvalue weighted by molar-refractivity contribution is 0.0944. The van der Waals surface area contributed by atoms with Gasteiger partial charge in [-0.3, -0.25) is 13.9 Å². The Labute approximate surface area is 150 Å². The van der Waals surface area contributed by atoms with Crippen molar-refractivity contribution in [3.63, 3.8) is 0 Å². The van der Waals surface area contributed by atoms with Crippen LogP contribution in [0.1, 0.15) is 16.1 Å². The van der Waals surface area contributed by atoms with Crippen LogP contribution in [-0.4, -0.2) is 30.0 Å². The lowest BCUT2D eigenvalue weighted by Crippen LogP contribution is -2.25. The molecule has 0 aliphatic rings. The minimum atomic E-state index is -0.190. The van der Waals surface area contributed by atoms with Crippen LogP contribution in [0, 0.1) is 0 Å². The molecule has 0 fully saturated rings. The zero-order valence-corrected chi connectivity index (χ0v) is 13.9. The highest BCUT2D eigenvalue weighted by Gasteiger charge is 2.12. The number of imidazole rings is 2. The van der Waals surface area contributed by atoms with Crippen molar-refractivity contribution in [2.45, 2.75) is 6.54 Å². The summed E-state index contributed by atoms with van der Waals surface area (Å²) in [6.07, 6.45) is 10.1. The summed E-state index contributed by atoms with van der Waals surface area (Å²) < 4.78 is 3.58. The van der Waals surface area contributed by atoms with E-state index >= 15 is 0 Å². The van der Waals surface area contributed by atoms with Crippen LogP contribution in [0.5, 0.6) is 0 Å². The second-order valence-electron chi connectivity index (χ2n) is 5.66. The first kappa shape index (κ1) is 15.8. The smallest absolute Gasteiger partial charge is 0.270 e. The molecular formula is C19H16N6O. The van der Waals surface area contributed by atoms with Crippen LogP contribution in [0.25, 0.3) is 11.5 Å². The van der Waals surface area contributed by atoms with Crippen LogP contribution in [0.15, 0.2) is 79.9 Å². The van der Waals surface area contributed by atoms with Gasteiger partial charge >= 0.3 is 0 Å². The molecule has 3 aromatic heterocycles. The minimum Gasteiger partial charge on any atom is -0.347 e. The van der Waals surface area contributed by atoms with E-state index in [1.54, 1.807) is 35.8 Å². The summed E-state index contributed by atoms with van der Waals surface area (Å²) in [6.45, 7) is 0.385. The highest BCUT2D eigenvalue weighted by molar-refractivity contribution is 5.92. The number of nitrogens with one attached hydrogen (secondary N) is 1. The molecule has 0 unspecified atom stereocenters. The molecule has 128 valence electrons. The summed E-state index contributed by atoms with van der Waals surface area (Å²) in [7, 11) is 0. The molecule has 1 amide bonds. The van der Waals surface area contributed by atoms with Gasteiger partial charge in [-0.2, -0.15) is 0 Å². The molecule has 7 nitrogen and oxygen atoms in total. The quantitative estimate of drug-likeness (QED) is 0.603. The minimum absolute atomic E-state index is 0.190. The lowest BCUT2D eigenvalue weighted by Gasteiger charge is -2.09. The third-order valence-corrected chi connectivity index (χ3v) is 3.94. The fraction of sp³-hybridized carbons (Fsp3) is 0.0526. The van der Waals surface area contributed by atoms with Crippen molar-refractivity contribution in [2.24, 2.45) is 0 Å². The highest BCUT2D eigenvalue weighted by Crippen LogP contribution is 2.11. The number of nitrogens with zero attached hydrogens (tertiary/aromatic N) is 5. The number of amides is 1. The van der Waals surface area contributed by atoms with Crippen molar-refractivity contribution in [1.82, 2.24) is 29.4 Å². The molecule has 0 spiro atoms. The number of pyridine rings is 1. The van der Waals surface area contributed by atoms with Crippen molar-refractivity contribution >= 4 is 5.91 Å². The fourth-order valence-electron chi connectivity index (χ4n) is 2.60. The molecule has 26 heavy (non-hydrogen) atoms. The number of aromatic nitrogens is 5. The standard InChI is InChI=1S/C19H16N6O/c26-19(17-12-21-14-25(17)16-4-2-1-3-5-16)23-11-15-6-7-18(22-10-15)24-9-8-20-13-24/h1-10,12-14H,11H2,(H,23,26). The molecule has 0 radical (unpaired) electrons. The van der Waals surface area contributed by atoms with Gasteiger partial charge in [0, 0.05) is 30.8 Å². The van der Waals surface area contributed by atoms with Crippen LogP contribution in [0.4, 0.5) is 0 Å². The maximum atomic E-state index is 12.5. The molecule has 0 atom stereocenters. The lowest BCUT2D eigenvalue weighted by atomic mass is 10.2. The van der Waals surface area contributed by atoms with Crippen molar-refractivity contribution in [2.75, 3.05) is 0 Å². The zero-order valence-electron chi connectivity index (χ0n) is 13.9. The van der Waals surface area contributed by atoms with Crippen LogP contribution in [0.3, 0.4) is 0 Å². The molecule has 1 aromatic carbocycles. The van der Waals surface area contributed by atoms with Crippen LogP contribution in [-0.2, 0) is 6.54 Å². The van der Waals surface area contributed by atoms with Crippen molar-refractivity contribution < 1.29 is 4.79 Å². The van der Waals surface area contributed by atoms with Gasteiger partial charge in [0.05, 0.1) is 12.5 Å². The maximum absolute atomic E-state index is 12.5. The molecule has 4 rings (SSSR count). The summed E-state index contributed by atoms with van der Waals surface area (Å²) in [5.74, 6) is 0.588. The molecular weight excluding hydrogens is 328 g/mol. The third-order valence-electron chi connectivity index (χ3n) is 3.94. The summed E-state index contributed by atoms with van der Waals surface area (Å²) in [6, 6.07) is 13.4. The fourth-order valence-corrected chi connectivity index (χ4v) is 2.60. The Morgan fingerprint density at radius 1 is 1.00 bits per heavy atom. The molecule has 1 N–H and O–H groups in total. The largest absolute Gasteiger partial charge is 0.347 e. The number of hydrogen-bond acceptors (Lipinski definition) is 4. The van der Waals surface area contributed by atoms with Gasteiger partial charge in [0.2, 0.25) is 0 Å². The van der Waals surface area contributed by atoms with Crippen LogP contribution >= 0.6 is 0 Å². The van der Waals surface area contributed by atoms with Gasteiger partial charge in [0.15, 0.2) is 0 Å². The monoisotopic (exact) mass is 344 g/mol. The van der Waals surface area contributed by atoms with Gasteiger partial charge in [0.1, 0.15) is 17.8 Å². The Kier molecular flexibility index (Phi) is 4.26. The van der Waals surface area contributed by atoms with E-state index in [0.717, 1.165) is 17.1 Å². The topological polar surface area (TPSA) is 77.6 Å². The normalized spacial score (nSPS) is 10.6. The number of hydrogen-bond donors (Lipinski definition) is 1. The van der Waals surface area contributed by atoms with E-state index in [1.807, 2.05) is 53.2 Å². The van der Waals surface area contributed by atoms with Crippen LogP contribution < -0.4 is 5.32 Å². The van der Waals surface area contributed by atoms with E-state index in [4.69, 9.17) is 0 Å². The Morgan fingerprint density at radius 2 is 1.88 bits per heavy atom. The van der Waals surface area contributed by atoms with E-state index in [-0.39, 0.29) is 5.91 Å². The second kappa shape index (κ2) is 7.02. The first-order chi connectivity index (χ1) is 12.8. The van der Waals surface area contributed by atoms with Crippen LogP contribution in [0.2, 0.25) is 0 Å². The number of rotatable bonds is 5. The van der Waals surface area contributed by atoms with Crippen molar-refractivity contribution in [1.29, 1.82) is 0 Å². The molecule has 0 aliphatic carbocycles. The van der Waals surface area contributed by atoms with Gasteiger partial charge in [-0.25, -0.2) is 15.0 Å². The average Bonchev–Trinajstić information content (AvgIpc) is 3.39. The number of benzene rings is 1. The maximum Gasteiger partial charge on any atom is 0.270 e. The highest BCUT2D eigenvalue weighted by atomic mass is 16.1. The first-order valence-electron chi connectivity index (χ1n) is 8.10. The van der Waals surface area contributed by atoms with E-state index < -0.39 is 0 Å². The summed E-state index contributed by atoms with van der Waals surface area (Å²) in [4.78, 5) is 25.0. The van der Waals surface area contributed by atoms with E-state index in [0.29, 0.717) is 12.2 Å². The molecule has 0 aliphatic heterocycles. The molecule has 0 saturated heterocycles. The molecule has 0 bridgehead atoms.